The predicted octanol–water partition coefficient (Wildman–Crippen LogP) is 2.08. The third kappa shape index (κ3) is 4.68. The minimum atomic E-state index is -0.899. The molecule has 120 valence electrons. The Bertz CT molecular complexity index is 568. The summed E-state index contributed by atoms with van der Waals surface area (Å²) in [4.78, 5) is 23.5. The van der Waals surface area contributed by atoms with Crippen LogP contribution in [0, 0.1) is 11.7 Å². The lowest BCUT2D eigenvalue weighted by Crippen LogP contribution is -2.39. The number of rotatable bonds is 3. The fourth-order valence-corrected chi connectivity index (χ4v) is 2.70. The predicted molar refractivity (Wildman–Crippen MR) is 81.0 cm³/mol. The third-order valence-corrected chi connectivity index (χ3v) is 4.02. The Morgan fingerprint density at radius 3 is 2.82 bits per heavy atom. The zero-order chi connectivity index (χ0) is 16.1. The monoisotopic (exact) mass is 328 g/mol. The van der Waals surface area contributed by atoms with Crippen LogP contribution < -0.4 is 10.6 Å². The molecule has 7 heteroatoms. The Morgan fingerprint density at radius 1 is 1.32 bits per heavy atom. The molecule has 0 aromatic heterocycles. The van der Waals surface area contributed by atoms with Gasteiger partial charge in [0, 0.05) is 6.54 Å². The highest BCUT2D eigenvalue weighted by molar-refractivity contribution is 6.41. The number of amides is 2. The van der Waals surface area contributed by atoms with E-state index in [0.717, 1.165) is 31.4 Å². The topological polar surface area (TPSA) is 78.4 Å². The van der Waals surface area contributed by atoms with Gasteiger partial charge in [0.1, 0.15) is 5.82 Å². The van der Waals surface area contributed by atoms with E-state index in [9.17, 15) is 19.1 Å². The zero-order valence-corrected chi connectivity index (χ0v) is 12.7. The number of aliphatic hydroxyl groups is 1. The number of aliphatic hydroxyl groups excluding tert-OH is 1. The van der Waals surface area contributed by atoms with Crippen LogP contribution in [0.25, 0.3) is 0 Å². The average Bonchev–Trinajstić information content (AvgIpc) is 2.48. The number of hydrogen-bond acceptors (Lipinski definition) is 3. The van der Waals surface area contributed by atoms with Crippen molar-refractivity contribution in [3.63, 3.8) is 0 Å². The van der Waals surface area contributed by atoms with E-state index in [1.807, 2.05) is 0 Å². The molecule has 0 saturated heterocycles. The van der Waals surface area contributed by atoms with Gasteiger partial charge in [0.15, 0.2) is 0 Å². The smallest absolute Gasteiger partial charge is 0.313 e. The number of benzene rings is 1. The molecule has 1 aliphatic carbocycles. The van der Waals surface area contributed by atoms with Gasteiger partial charge in [0.05, 0.1) is 16.8 Å². The van der Waals surface area contributed by atoms with Gasteiger partial charge in [0.2, 0.25) is 0 Å². The number of carbonyl (C=O) groups excluding carboxylic acids is 2. The van der Waals surface area contributed by atoms with E-state index < -0.39 is 17.6 Å². The lowest BCUT2D eigenvalue weighted by molar-refractivity contribution is -0.136. The fourth-order valence-electron chi connectivity index (χ4n) is 2.54. The summed E-state index contributed by atoms with van der Waals surface area (Å²) >= 11 is 5.82. The van der Waals surface area contributed by atoms with Gasteiger partial charge in [0.25, 0.3) is 0 Å². The summed E-state index contributed by atoms with van der Waals surface area (Å²) in [5.41, 5.74) is 0.0508. The Kier molecular flexibility index (Phi) is 5.74. The molecule has 2 atom stereocenters. The largest absolute Gasteiger partial charge is 0.393 e. The van der Waals surface area contributed by atoms with Crippen LogP contribution in [0.2, 0.25) is 5.02 Å². The maximum Gasteiger partial charge on any atom is 0.313 e. The van der Waals surface area contributed by atoms with Crippen LogP contribution >= 0.6 is 11.6 Å². The van der Waals surface area contributed by atoms with Gasteiger partial charge >= 0.3 is 11.8 Å². The lowest BCUT2D eigenvalue weighted by atomic mass is 9.87. The van der Waals surface area contributed by atoms with Gasteiger partial charge in [-0.1, -0.05) is 18.0 Å². The normalized spacial score (nSPS) is 21.2. The molecule has 1 aromatic rings. The van der Waals surface area contributed by atoms with E-state index in [-0.39, 0.29) is 22.7 Å². The van der Waals surface area contributed by atoms with E-state index in [2.05, 4.69) is 10.6 Å². The van der Waals surface area contributed by atoms with E-state index >= 15 is 0 Å². The molecule has 2 amide bonds. The van der Waals surface area contributed by atoms with Gasteiger partial charge in [-0.3, -0.25) is 9.59 Å². The maximum absolute atomic E-state index is 13.1. The van der Waals surface area contributed by atoms with Gasteiger partial charge in [-0.15, -0.1) is 0 Å². The van der Waals surface area contributed by atoms with E-state index in [0.29, 0.717) is 13.0 Å². The average molecular weight is 329 g/mol. The van der Waals surface area contributed by atoms with Crippen LogP contribution in [0.3, 0.4) is 0 Å². The second-order valence-electron chi connectivity index (χ2n) is 5.47. The van der Waals surface area contributed by atoms with Crippen molar-refractivity contribution in [1.82, 2.24) is 5.32 Å². The molecule has 0 aliphatic heterocycles. The van der Waals surface area contributed by atoms with Crippen LogP contribution in [0.4, 0.5) is 10.1 Å². The van der Waals surface area contributed by atoms with Crippen molar-refractivity contribution in [3.8, 4) is 0 Å². The van der Waals surface area contributed by atoms with E-state index in [1.54, 1.807) is 0 Å². The molecule has 2 rings (SSSR count). The Hall–Kier alpha value is -1.66. The van der Waals surface area contributed by atoms with Crippen LogP contribution in [0.15, 0.2) is 18.2 Å². The lowest BCUT2D eigenvalue weighted by Gasteiger charge is -2.25. The van der Waals surface area contributed by atoms with Crippen molar-refractivity contribution in [3.05, 3.63) is 29.0 Å². The molecule has 1 aromatic carbocycles. The fraction of sp³-hybridized carbons (Fsp3) is 0.467. The molecular weight excluding hydrogens is 311 g/mol. The maximum atomic E-state index is 13.1. The van der Waals surface area contributed by atoms with Crippen molar-refractivity contribution in [2.45, 2.75) is 31.8 Å². The summed E-state index contributed by atoms with van der Waals surface area (Å²) in [6.07, 6.45) is 2.89. The Morgan fingerprint density at radius 2 is 2.09 bits per heavy atom. The quantitative estimate of drug-likeness (QED) is 0.743. The molecule has 22 heavy (non-hydrogen) atoms. The van der Waals surface area contributed by atoms with E-state index in [1.165, 1.54) is 6.07 Å². The molecular formula is C15H18ClFN2O3. The van der Waals surface area contributed by atoms with Crippen molar-refractivity contribution in [1.29, 1.82) is 0 Å². The summed E-state index contributed by atoms with van der Waals surface area (Å²) in [6.45, 7) is 0.334. The molecule has 1 aliphatic rings. The molecule has 5 nitrogen and oxygen atoms in total. The SMILES string of the molecule is O=C(NCC1CCCC(O)C1)C(=O)Nc1cc(F)ccc1Cl. The molecule has 0 radical (unpaired) electrons. The van der Waals surface area contributed by atoms with Crippen LogP contribution in [-0.4, -0.2) is 29.6 Å². The minimum absolute atomic E-state index is 0.0508. The van der Waals surface area contributed by atoms with Crippen LogP contribution in [0.5, 0.6) is 0 Å². The number of hydrogen-bond donors (Lipinski definition) is 3. The number of halogens is 2. The van der Waals surface area contributed by atoms with Crippen LogP contribution in [-0.2, 0) is 9.59 Å². The number of nitrogens with one attached hydrogen (secondary N) is 2. The van der Waals surface area contributed by atoms with Crippen molar-refractivity contribution in [2.75, 3.05) is 11.9 Å². The molecule has 3 N–H and O–H groups in total. The first-order valence-electron chi connectivity index (χ1n) is 7.18. The zero-order valence-electron chi connectivity index (χ0n) is 11.9. The molecule has 0 spiro atoms. The summed E-state index contributed by atoms with van der Waals surface area (Å²) < 4.78 is 13.1. The third-order valence-electron chi connectivity index (χ3n) is 3.69. The second-order valence-corrected chi connectivity index (χ2v) is 5.88. The van der Waals surface area contributed by atoms with Crippen LogP contribution in [0.1, 0.15) is 25.7 Å². The first-order valence-corrected chi connectivity index (χ1v) is 7.56. The van der Waals surface area contributed by atoms with Crippen molar-refractivity contribution >= 4 is 29.1 Å². The molecule has 1 saturated carbocycles. The molecule has 0 heterocycles. The van der Waals surface area contributed by atoms with Gasteiger partial charge < -0.3 is 15.7 Å². The number of anilines is 1. The summed E-state index contributed by atoms with van der Waals surface area (Å²) in [5.74, 6) is -2.10. The highest BCUT2D eigenvalue weighted by Crippen LogP contribution is 2.24. The first kappa shape index (κ1) is 16.7. The van der Waals surface area contributed by atoms with Gasteiger partial charge in [-0.2, -0.15) is 0 Å². The van der Waals surface area contributed by atoms with Gasteiger partial charge in [-0.25, -0.2) is 4.39 Å². The first-order chi connectivity index (χ1) is 10.5. The molecule has 0 bridgehead atoms. The van der Waals surface area contributed by atoms with Crippen molar-refractivity contribution in [2.24, 2.45) is 5.92 Å². The summed E-state index contributed by atoms with van der Waals surface area (Å²) in [5, 5.41) is 14.5. The summed E-state index contributed by atoms with van der Waals surface area (Å²) in [7, 11) is 0. The molecule has 2 unspecified atom stereocenters. The number of carbonyl (C=O) groups is 2. The standard InChI is InChI=1S/C15H18ClFN2O3/c16-12-5-4-10(17)7-13(12)19-15(22)14(21)18-8-9-2-1-3-11(20)6-9/h4-5,7,9,11,20H,1-3,6,8H2,(H,18,21)(H,19,22). The van der Waals surface area contributed by atoms with Gasteiger partial charge in [-0.05, 0) is 43.4 Å². The summed E-state index contributed by atoms with van der Waals surface area (Å²) in [6, 6.07) is 3.51. The van der Waals surface area contributed by atoms with Crippen molar-refractivity contribution < 1.29 is 19.1 Å². The van der Waals surface area contributed by atoms with E-state index in [4.69, 9.17) is 11.6 Å². The second kappa shape index (κ2) is 7.56. The Labute approximate surface area is 132 Å². The Balaban J connectivity index is 1.84. The molecule has 1 fully saturated rings. The highest BCUT2D eigenvalue weighted by Gasteiger charge is 2.22. The highest BCUT2D eigenvalue weighted by atomic mass is 35.5. The minimum Gasteiger partial charge on any atom is -0.393 e.